The molecule has 3 aromatic rings. The number of ether oxygens (including phenoxy) is 1. The Kier molecular flexibility index (Phi) is 3.75. The Bertz CT molecular complexity index is 807. The molecule has 0 aliphatic carbocycles. The first-order valence-corrected chi connectivity index (χ1v) is 8.13. The summed E-state index contributed by atoms with van der Waals surface area (Å²) in [4.78, 5) is 7.28. The van der Waals surface area contributed by atoms with Crippen LogP contribution in [0.5, 0.6) is 5.75 Å². The summed E-state index contributed by atoms with van der Waals surface area (Å²) in [6, 6.07) is 16.8. The molecule has 118 valence electrons. The molecular weight excluding hydrogens is 286 g/mol. The molecule has 23 heavy (non-hydrogen) atoms. The van der Waals surface area contributed by atoms with Crippen LogP contribution in [0.1, 0.15) is 11.4 Å². The summed E-state index contributed by atoms with van der Waals surface area (Å²) in [6.45, 7) is 4.11. The zero-order valence-corrected chi connectivity index (χ0v) is 13.4. The van der Waals surface area contributed by atoms with Crippen LogP contribution in [0, 0.1) is 0 Å². The summed E-state index contributed by atoms with van der Waals surface area (Å²) < 4.78 is 7.57. The van der Waals surface area contributed by atoms with Gasteiger partial charge in [0, 0.05) is 19.6 Å². The second-order valence-electron chi connectivity index (χ2n) is 6.04. The Morgan fingerprint density at radius 1 is 1.04 bits per heavy atom. The lowest BCUT2D eigenvalue weighted by atomic mass is 10.1. The molecule has 2 heterocycles. The zero-order chi connectivity index (χ0) is 15.6. The van der Waals surface area contributed by atoms with E-state index < -0.39 is 0 Å². The third-order valence-electron chi connectivity index (χ3n) is 4.61. The molecular formula is C19H21N3O. The van der Waals surface area contributed by atoms with Gasteiger partial charge in [0.25, 0.3) is 0 Å². The Morgan fingerprint density at radius 3 is 2.70 bits per heavy atom. The highest BCUT2D eigenvalue weighted by Crippen LogP contribution is 2.21. The van der Waals surface area contributed by atoms with Crippen molar-refractivity contribution in [3.8, 4) is 5.75 Å². The van der Waals surface area contributed by atoms with Gasteiger partial charge in [-0.05, 0) is 36.2 Å². The lowest BCUT2D eigenvalue weighted by molar-refractivity contribution is 0.222. The maximum absolute atomic E-state index is 5.21. The standard InChI is InChI=1S/C19H21N3O/c1-23-16-8-6-15(7-9-16)10-11-21-12-13-22-18-5-3-2-4-17(18)20-19(22)14-21/h2-9H,10-14H2,1H3. The maximum Gasteiger partial charge on any atom is 0.124 e. The molecule has 0 spiro atoms. The number of methoxy groups -OCH3 is 1. The number of benzene rings is 2. The number of rotatable bonds is 4. The Balaban J connectivity index is 1.43. The molecule has 0 saturated carbocycles. The molecule has 2 aromatic carbocycles. The van der Waals surface area contributed by atoms with Gasteiger partial charge in [-0.2, -0.15) is 0 Å². The molecule has 1 aliphatic rings. The normalized spacial score (nSPS) is 14.8. The minimum absolute atomic E-state index is 0.917. The summed E-state index contributed by atoms with van der Waals surface area (Å²) >= 11 is 0. The molecule has 0 saturated heterocycles. The van der Waals surface area contributed by atoms with Crippen LogP contribution < -0.4 is 4.74 Å². The van der Waals surface area contributed by atoms with Crippen LogP contribution in [0.3, 0.4) is 0 Å². The van der Waals surface area contributed by atoms with Crippen LogP contribution in [0.25, 0.3) is 11.0 Å². The number of para-hydroxylation sites is 2. The minimum Gasteiger partial charge on any atom is -0.497 e. The van der Waals surface area contributed by atoms with E-state index in [1.54, 1.807) is 7.11 Å². The molecule has 1 aliphatic heterocycles. The van der Waals surface area contributed by atoms with Gasteiger partial charge in [-0.1, -0.05) is 24.3 Å². The maximum atomic E-state index is 5.21. The highest BCUT2D eigenvalue weighted by atomic mass is 16.5. The molecule has 0 bridgehead atoms. The largest absolute Gasteiger partial charge is 0.497 e. The fraction of sp³-hybridized carbons (Fsp3) is 0.316. The SMILES string of the molecule is COc1ccc(CCN2CCn3c(nc4ccccc43)C2)cc1. The molecule has 0 atom stereocenters. The highest BCUT2D eigenvalue weighted by Gasteiger charge is 2.19. The molecule has 0 radical (unpaired) electrons. The van der Waals surface area contributed by atoms with E-state index in [9.17, 15) is 0 Å². The summed E-state index contributed by atoms with van der Waals surface area (Å²) in [6.07, 6.45) is 1.06. The Morgan fingerprint density at radius 2 is 1.87 bits per heavy atom. The van der Waals surface area contributed by atoms with Crippen LogP contribution in [-0.2, 0) is 19.5 Å². The van der Waals surface area contributed by atoms with Gasteiger partial charge in [0.2, 0.25) is 0 Å². The van der Waals surface area contributed by atoms with E-state index in [0.717, 1.165) is 43.9 Å². The summed E-state index contributed by atoms with van der Waals surface area (Å²) in [5.74, 6) is 2.10. The van der Waals surface area contributed by atoms with Gasteiger partial charge in [0.05, 0.1) is 24.7 Å². The number of nitrogens with zero attached hydrogens (tertiary/aromatic N) is 3. The van der Waals surface area contributed by atoms with Crippen molar-refractivity contribution in [3.05, 3.63) is 59.9 Å². The lowest BCUT2D eigenvalue weighted by Crippen LogP contribution is -2.35. The first-order chi connectivity index (χ1) is 11.3. The molecule has 1 aromatic heterocycles. The van der Waals surface area contributed by atoms with Crippen molar-refractivity contribution >= 4 is 11.0 Å². The molecule has 4 nitrogen and oxygen atoms in total. The van der Waals surface area contributed by atoms with E-state index in [1.165, 1.54) is 16.9 Å². The van der Waals surface area contributed by atoms with Crippen LogP contribution in [0.4, 0.5) is 0 Å². The van der Waals surface area contributed by atoms with Gasteiger partial charge in [-0.15, -0.1) is 0 Å². The van der Waals surface area contributed by atoms with Crippen LogP contribution >= 0.6 is 0 Å². The molecule has 0 fully saturated rings. The van der Waals surface area contributed by atoms with Crippen molar-refractivity contribution in [2.24, 2.45) is 0 Å². The van der Waals surface area contributed by atoms with Crippen molar-refractivity contribution in [2.45, 2.75) is 19.5 Å². The van der Waals surface area contributed by atoms with Crippen LogP contribution in [-0.4, -0.2) is 34.7 Å². The number of imidazole rings is 1. The molecule has 0 N–H and O–H groups in total. The van der Waals surface area contributed by atoms with E-state index in [1.807, 2.05) is 12.1 Å². The summed E-state index contributed by atoms with van der Waals surface area (Å²) in [7, 11) is 1.70. The third kappa shape index (κ3) is 2.82. The monoisotopic (exact) mass is 307 g/mol. The average Bonchev–Trinajstić information content (AvgIpc) is 2.98. The van der Waals surface area contributed by atoms with E-state index in [4.69, 9.17) is 9.72 Å². The lowest BCUT2D eigenvalue weighted by Gasteiger charge is -2.27. The van der Waals surface area contributed by atoms with Gasteiger partial charge in [-0.25, -0.2) is 4.98 Å². The van der Waals surface area contributed by atoms with Crippen molar-refractivity contribution < 1.29 is 4.74 Å². The van der Waals surface area contributed by atoms with E-state index in [2.05, 4.69) is 45.9 Å². The van der Waals surface area contributed by atoms with Crippen molar-refractivity contribution in [2.75, 3.05) is 20.2 Å². The number of hydrogen-bond donors (Lipinski definition) is 0. The summed E-state index contributed by atoms with van der Waals surface area (Å²) in [5.41, 5.74) is 3.72. The van der Waals surface area contributed by atoms with Gasteiger partial charge in [-0.3, -0.25) is 4.90 Å². The first kappa shape index (κ1) is 14.3. The predicted octanol–water partition coefficient (Wildman–Crippen LogP) is 3.10. The Labute approximate surface area is 136 Å². The fourth-order valence-electron chi connectivity index (χ4n) is 3.29. The van der Waals surface area contributed by atoms with Crippen molar-refractivity contribution in [3.63, 3.8) is 0 Å². The zero-order valence-electron chi connectivity index (χ0n) is 13.4. The second-order valence-corrected chi connectivity index (χ2v) is 6.04. The van der Waals surface area contributed by atoms with Crippen LogP contribution in [0.15, 0.2) is 48.5 Å². The summed E-state index contributed by atoms with van der Waals surface area (Å²) in [5, 5.41) is 0. The molecule has 4 heteroatoms. The highest BCUT2D eigenvalue weighted by molar-refractivity contribution is 5.75. The van der Waals surface area contributed by atoms with Gasteiger partial charge in [0.1, 0.15) is 11.6 Å². The second kappa shape index (κ2) is 6.05. The van der Waals surface area contributed by atoms with E-state index >= 15 is 0 Å². The average molecular weight is 307 g/mol. The third-order valence-corrected chi connectivity index (χ3v) is 4.61. The molecule has 0 amide bonds. The molecule has 0 unspecified atom stereocenters. The van der Waals surface area contributed by atoms with Crippen LogP contribution in [0.2, 0.25) is 0 Å². The van der Waals surface area contributed by atoms with Gasteiger partial charge < -0.3 is 9.30 Å². The fourth-order valence-corrected chi connectivity index (χ4v) is 3.29. The topological polar surface area (TPSA) is 30.3 Å². The first-order valence-electron chi connectivity index (χ1n) is 8.13. The van der Waals surface area contributed by atoms with Crippen molar-refractivity contribution in [1.29, 1.82) is 0 Å². The van der Waals surface area contributed by atoms with E-state index in [0.29, 0.717) is 0 Å². The minimum atomic E-state index is 0.917. The van der Waals surface area contributed by atoms with Gasteiger partial charge in [0.15, 0.2) is 0 Å². The van der Waals surface area contributed by atoms with Gasteiger partial charge >= 0.3 is 0 Å². The predicted molar refractivity (Wildman–Crippen MR) is 91.7 cm³/mol. The number of aromatic nitrogens is 2. The van der Waals surface area contributed by atoms with E-state index in [-0.39, 0.29) is 0 Å². The number of hydrogen-bond acceptors (Lipinski definition) is 3. The number of fused-ring (bicyclic) bond motifs is 3. The molecule has 4 rings (SSSR count). The Hall–Kier alpha value is -2.33. The quantitative estimate of drug-likeness (QED) is 0.742. The van der Waals surface area contributed by atoms with Crippen molar-refractivity contribution in [1.82, 2.24) is 14.5 Å². The smallest absolute Gasteiger partial charge is 0.124 e.